The van der Waals surface area contributed by atoms with Crippen molar-refractivity contribution in [1.82, 2.24) is 0 Å². The van der Waals surface area contributed by atoms with Crippen molar-refractivity contribution in [3.8, 4) is 0 Å². The van der Waals surface area contributed by atoms with E-state index in [1.54, 1.807) is 103 Å². The first-order chi connectivity index (χ1) is 23.4. The van der Waals surface area contributed by atoms with E-state index in [1.165, 1.54) is 32.1 Å². The summed E-state index contributed by atoms with van der Waals surface area (Å²) in [5.41, 5.74) is 2.22. The van der Waals surface area contributed by atoms with E-state index >= 15 is 0 Å². The fraction of sp³-hybridized carbons (Fsp3) is 1.00. The average Bonchev–Trinajstić information content (AvgIpc) is 3.62. The van der Waals surface area contributed by atoms with Crippen LogP contribution in [0.3, 0.4) is 0 Å². The lowest BCUT2D eigenvalue weighted by Crippen LogP contribution is -2.50. The largest absolute Gasteiger partial charge is 0.0649 e. The van der Waals surface area contributed by atoms with E-state index in [1.807, 2.05) is 0 Å². The number of fused-ring (bicyclic) bond motifs is 12. The van der Waals surface area contributed by atoms with E-state index in [9.17, 15) is 0 Å². The SMILES string of the molecule is CCC(C)(CC)C1CC(C(C)(CC)CC)CC2(C1)C1CC3CCCCC3CC1C1C3C(CCC12)CC1C2CC(C(C)(C)C)CCC2CCC13. The summed E-state index contributed by atoms with van der Waals surface area (Å²) in [7, 11) is 0. The van der Waals surface area contributed by atoms with Gasteiger partial charge in [0.2, 0.25) is 0 Å². The van der Waals surface area contributed by atoms with Crippen LogP contribution in [0, 0.1) is 110 Å². The summed E-state index contributed by atoms with van der Waals surface area (Å²) < 4.78 is 0. The molecular formula is C49H84. The van der Waals surface area contributed by atoms with E-state index in [0.29, 0.717) is 21.7 Å². The molecule has 1 spiro atoms. The van der Waals surface area contributed by atoms with Crippen LogP contribution in [0.1, 0.15) is 197 Å². The highest BCUT2D eigenvalue weighted by molar-refractivity contribution is 5.18. The molecule has 0 aromatic rings. The third-order valence-electron chi connectivity index (χ3n) is 21.3. The molecule has 49 heavy (non-hydrogen) atoms. The third kappa shape index (κ3) is 5.66. The molecule has 0 heterocycles. The Bertz CT molecular complexity index is 1120. The summed E-state index contributed by atoms with van der Waals surface area (Å²) in [5, 5.41) is 0. The van der Waals surface area contributed by atoms with Crippen LogP contribution in [-0.2, 0) is 0 Å². The zero-order valence-corrected chi connectivity index (χ0v) is 34.5. The molecule has 0 saturated heterocycles. The highest BCUT2D eigenvalue weighted by Gasteiger charge is 2.69. The topological polar surface area (TPSA) is 0 Å². The fourth-order valence-corrected chi connectivity index (χ4v) is 17.7. The Hall–Kier alpha value is 0. The van der Waals surface area contributed by atoms with Crippen molar-refractivity contribution in [1.29, 1.82) is 0 Å². The van der Waals surface area contributed by atoms with Crippen molar-refractivity contribution in [2.45, 2.75) is 197 Å². The van der Waals surface area contributed by atoms with Crippen LogP contribution in [0.15, 0.2) is 0 Å². The second-order valence-corrected chi connectivity index (χ2v) is 23.1. The zero-order valence-electron chi connectivity index (χ0n) is 34.5. The van der Waals surface area contributed by atoms with Gasteiger partial charge in [-0.3, -0.25) is 0 Å². The molecule has 15 unspecified atom stereocenters. The van der Waals surface area contributed by atoms with Gasteiger partial charge >= 0.3 is 0 Å². The Balaban J connectivity index is 1.19. The normalized spacial score (nSPS) is 49.8. The maximum absolute atomic E-state index is 2.76. The maximum atomic E-state index is 2.76. The number of hydrogen-bond donors (Lipinski definition) is 0. The van der Waals surface area contributed by atoms with Gasteiger partial charge in [-0.15, -0.1) is 0 Å². The van der Waals surface area contributed by atoms with Gasteiger partial charge in [-0.2, -0.15) is 0 Å². The lowest BCUT2D eigenvalue weighted by Gasteiger charge is -2.59. The lowest BCUT2D eigenvalue weighted by atomic mass is 9.46. The van der Waals surface area contributed by atoms with Crippen LogP contribution < -0.4 is 0 Å². The zero-order chi connectivity index (χ0) is 34.5. The van der Waals surface area contributed by atoms with Gasteiger partial charge in [0.1, 0.15) is 0 Å². The summed E-state index contributed by atoms with van der Waals surface area (Å²) >= 11 is 0. The molecule has 0 amide bonds. The highest BCUT2D eigenvalue weighted by atomic mass is 14.7. The second-order valence-electron chi connectivity index (χ2n) is 23.1. The molecule has 15 atom stereocenters. The van der Waals surface area contributed by atoms with Crippen molar-refractivity contribution in [2.24, 2.45) is 110 Å². The minimum absolute atomic E-state index is 0.503. The van der Waals surface area contributed by atoms with Gasteiger partial charge in [0, 0.05) is 0 Å². The second kappa shape index (κ2) is 13.1. The first kappa shape index (κ1) is 36.0. The van der Waals surface area contributed by atoms with Crippen molar-refractivity contribution in [3.05, 3.63) is 0 Å². The fourth-order valence-electron chi connectivity index (χ4n) is 17.7. The third-order valence-corrected chi connectivity index (χ3v) is 21.3. The van der Waals surface area contributed by atoms with E-state index in [4.69, 9.17) is 0 Å². The molecular weight excluding hydrogens is 589 g/mol. The van der Waals surface area contributed by atoms with Crippen LogP contribution in [0.5, 0.6) is 0 Å². The van der Waals surface area contributed by atoms with Crippen LogP contribution in [0.4, 0.5) is 0 Å². The highest BCUT2D eigenvalue weighted by Crippen LogP contribution is 2.77. The smallest absolute Gasteiger partial charge is 0.0230 e. The predicted octanol–water partition coefficient (Wildman–Crippen LogP) is 14.7. The van der Waals surface area contributed by atoms with Gasteiger partial charge in [-0.25, -0.2) is 0 Å². The monoisotopic (exact) mass is 673 g/mol. The van der Waals surface area contributed by atoms with Crippen LogP contribution >= 0.6 is 0 Å². The molecule has 8 aliphatic rings. The molecule has 0 bridgehead atoms. The molecule has 0 N–H and O–H groups in total. The molecule has 8 aliphatic carbocycles. The van der Waals surface area contributed by atoms with Crippen LogP contribution in [0.25, 0.3) is 0 Å². The Labute approximate surface area is 306 Å². The summed E-state index contributed by atoms with van der Waals surface area (Å²) in [6.45, 7) is 23.5. The summed E-state index contributed by atoms with van der Waals surface area (Å²) in [6.07, 6.45) is 32.8. The van der Waals surface area contributed by atoms with Crippen molar-refractivity contribution in [2.75, 3.05) is 0 Å². The summed E-state index contributed by atoms with van der Waals surface area (Å²) in [5.74, 6) is 15.9. The Kier molecular flexibility index (Phi) is 9.62. The quantitative estimate of drug-likeness (QED) is 0.263. The summed E-state index contributed by atoms with van der Waals surface area (Å²) in [4.78, 5) is 0. The standard InChI is InChI=1S/C49H84/c1-10-47(8,11-2)36-27-37(48(9,12-3)13-4)30-49(29-36)42-23-20-34-25-40-38(22-19-31-18-21-35(28-39(31)40)46(5,6)7)44(34)45(42)41-24-32-16-14-15-17-33(32)26-43(41)49/h31-45H,10-30H2,1-9H3. The molecule has 0 nitrogen and oxygen atoms in total. The van der Waals surface area contributed by atoms with Crippen molar-refractivity contribution in [3.63, 3.8) is 0 Å². The van der Waals surface area contributed by atoms with Gasteiger partial charge < -0.3 is 0 Å². The van der Waals surface area contributed by atoms with Gasteiger partial charge in [-0.1, -0.05) is 114 Å². The van der Waals surface area contributed by atoms with E-state index in [2.05, 4.69) is 62.3 Å². The van der Waals surface area contributed by atoms with Crippen molar-refractivity contribution < 1.29 is 0 Å². The molecule has 8 fully saturated rings. The maximum Gasteiger partial charge on any atom is -0.0230 e. The Morgan fingerprint density at radius 3 is 1.61 bits per heavy atom. The minimum Gasteiger partial charge on any atom is -0.0649 e. The van der Waals surface area contributed by atoms with Crippen LogP contribution in [0.2, 0.25) is 0 Å². The number of hydrogen-bond acceptors (Lipinski definition) is 0. The van der Waals surface area contributed by atoms with Crippen molar-refractivity contribution >= 4 is 0 Å². The molecule has 0 aromatic heterocycles. The lowest BCUT2D eigenvalue weighted by molar-refractivity contribution is -0.0932. The van der Waals surface area contributed by atoms with Gasteiger partial charge in [0.25, 0.3) is 0 Å². The molecule has 8 saturated carbocycles. The number of rotatable bonds is 6. The minimum atomic E-state index is 0.503. The van der Waals surface area contributed by atoms with Crippen LogP contribution in [-0.4, -0.2) is 0 Å². The molecule has 280 valence electrons. The molecule has 0 aromatic carbocycles. The molecule has 0 heteroatoms. The summed E-state index contributed by atoms with van der Waals surface area (Å²) in [6, 6.07) is 0. The van der Waals surface area contributed by atoms with E-state index in [-0.39, 0.29) is 0 Å². The first-order valence-corrected chi connectivity index (χ1v) is 23.4. The molecule has 0 aliphatic heterocycles. The van der Waals surface area contributed by atoms with E-state index in [0.717, 1.165) is 88.8 Å². The van der Waals surface area contributed by atoms with E-state index < -0.39 is 0 Å². The van der Waals surface area contributed by atoms with Gasteiger partial charge in [0.05, 0.1) is 0 Å². The first-order valence-electron chi connectivity index (χ1n) is 23.4. The molecule has 0 radical (unpaired) electrons. The van der Waals surface area contributed by atoms with Gasteiger partial charge in [-0.05, 0) is 194 Å². The predicted molar refractivity (Wildman–Crippen MR) is 210 cm³/mol. The van der Waals surface area contributed by atoms with Gasteiger partial charge in [0.15, 0.2) is 0 Å². The Morgan fingerprint density at radius 2 is 1.00 bits per heavy atom. The molecule has 8 rings (SSSR count). The Morgan fingerprint density at radius 1 is 0.429 bits per heavy atom. The average molecular weight is 673 g/mol.